The molecular weight excluding hydrogens is 268 g/mol. The molecule has 0 saturated carbocycles. The fourth-order valence-electron chi connectivity index (χ4n) is 2.13. The van der Waals surface area contributed by atoms with Crippen molar-refractivity contribution < 1.29 is 4.74 Å². The van der Waals surface area contributed by atoms with E-state index in [0.717, 1.165) is 24.5 Å². The zero-order chi connectivity index (χ0) is 14.0. The van der Waals surface area contributed by atoms with Gasteiger partial charge >= 0.3 is 0 Å². The quantitative estimate of drug-likeness (QED) is 0.859. The molecule has 108 valence electrons. The van der Waals surface area contributed by atoms with E-state index in [1.54, 1.807) is 0 Å². The van der Waals surface area contributed by atoms with Gasteiger partial charge in [-0.05, 0) is 36.9 Å². The Bertz CT molecular complexity index is 459. The molecule has 1 heterocycles. The highest BCUT2D eigenvalue weighted by molar-refractivity contribution is 7.99. The molecule has 0 bridgehead atoms. The smallest absolute Gasteiger partial charge is 0.120 e. The number of rotatable bonds is 4. The number of ether oxygens (including phenoxy) is 1. The molecule has 1 aliphatic rings. The SMILES string of the molecule is NCC#Cc1cccc(OCCN2CCCSCC2)c1. The molecule has 0 radical (unpaired) electrons. The lowest BCUT2D eigenvalue weighted by Crippen LogP contribution is -2.30. The van der Waals surface area contributed by atoms with Gasteiger partial charge in [-0.1, -0.05) is 17.9 Å². The Morgan fingerprint density at radius 2 is 2.25 bits per heavy atom. The lowest BCUT2D eigenvalue weighted by Gasteiger charge is -2.19. The van der Waals surface area contributed by atoms with Gasteiger partial charge in [-0.25, -0.2) is 0 Å². The van der Waals surface area contributed by atoms with Crippen molar-refractivity contribution in [1.82, 2.24) is 4.90 Å². The summed E-state index contributed by atoms with van der Waals surface area (Å²) in [6.07, 6.45) is 1.29. The first-order valence-corrected chi connectivity index (χ1v) is 8.26. The standard InChI is InChI=1S/C16H22N2OS/c17-7-2-5-15-4-1-6-16(14-15)19-11-9-18-8-3-12-20-13-10-18/h1,4,6,14H,3,7-13,17H2. The van der Waals surface area contributed by atoms with Gasteiger partial charge in [0.25, 0.3) is 0 Å². The predicted octanol–water partition coefficient (Wildman–Crippen LogP) is 1.81. The molecule has 20 heavy (non-hydrogen) atoms. The number of hydrogen-bond acceptors (Lipinski definition) is 4. The van der Waals surface area contributed by atoms with Gasteiger partial charge in [-0.15, -0.1) is 0 Å². The normalized spacial score (nSPS) is 16.1. The van der Waals surface area contributed by atoms with E-state index in [2.05, 4.69) is 28.5 Å². The molecule has 2 N–H and O–H groups in total. The second kappa shape index (κ2) is 8.91. The van der Waals surface area contributed by atoms with E-state index in [4.69, 9.17) is 10.5 Å². The second-order valence-corrected chi connectivity index (χ2v) is 5.91. The topological polar surface area (TPSA) is 38.5 Å². The molecule has 0 aromatic heterocycles. The minimum absolute atomic E-state index is 0.387. The van der Waals surface area contributed by atoms with Gasteiger partial charge in [-0.2, -0.15) is 11.8 Å². The van der Waals surface area contributed by atoms with Crippen LogP contribution in [0.25, 0.3) is 0 Å². The molecule has 0 atom stereocenters. The van der Waals surface area contributed by atoms with Crippen molar-refractivity contribution in [2.24, 2.45) is 5.73 Å². The molecule has 0 unspecified atom stereocenters. The van der Waals surface area contributed by atoms with E-state index in [9.17, 15) is 0 Å². The van der Waals surface area contributed by atoms with Gasteiger partial charge in [0.15, 0.2) is 0 Å². The number of nitrogens with two attached hydrogens (primary N) is 1. The second-order valence-electron chi connectivity index (χ2n) is 4.69. The minimum atomic E-state index is 0.387. The summed E-state index contributed by atoms with van der Waals surface area (Å²) in [7, 11) is 0. The maximum atomic E-state index is 5.82. The summed E-state index contributed by atoms with van der Waals surface area (Å²) in [5, 5.41) is 0. The average molecular weight is 290 g/mol. The molecule has 1 aromatic rings. The number of thioether (sulfide) groups is 1. The maximum Gasteiger partial charge on any atom is 0.120 e. The van der Waals surface area contributed by atoms with Crippen molar-refractivity contribution in [3.63, 3.8) is 0 Å². The van der Waals surface area contributed by atoms with Gasteiger partial charge < -0.3 is 10.5 Å². The molecule has 0 spiro atoms. The van der Waals surface area contributed by atoms with E-state index >= 15 is 0 Å². The number of nitrogens with zero attached hydrogens (tertiary/aromatic N) is 1. The summed E-state index contributed by atoms with van der Waals surface area (Å²) < 4.78 is 5.82. The van der Waals surface area contributed by atoms with Crippen molar-refractivity contribution in [2.45, 2.75) is 6.42 Å². The van der Waals surface area contributed by atoms with Gasteiger partial charge in [0.1, 0.15) is 12.4 Å². The van der Waals surface area contributed by atoms with Crippen LogP contribution in [0.5, 0.6) is 5.75 Å². The Morgan fingerprint density at radius 1 is 1.30 bits per heavy atom. The Labute approximate surface area is 125 Å². The van der Waals surface area contributed by atoms with Crippen LogP contribution in [0.4, 0.5) is 0 Å². The lowest BCUT2D eigenvalue weighted by molar-refractivity contribution is 0.219. The summed E-state index contributed by atoms with van der Waals surface area (Å²) in [4.78, 5) is 2.48. The number of hydrogen-bond donors (Lipinski definition) is 1. The van der Waals surface area contributed by atoms with Crippen molar-refractivity contribution in [3.05, 3.63) is 29.8 Å². The van der Waals surface area contributed by atoms with Gasteiger partial charge in [0.05, 0.1) is 6.54 Å². The van der Waals surface area contributed by atoms with E-state index in [1.807, 2.05) is 24.3 Å². The van der Waals surface area contributed by atoms with Gasteiger partial charge in [-0.3, -0.25) is 4.90 Å². The third-order valence-electron chi connectivity index (χ3n) is 3.16. The largest absolute Gasteiger partial charge is 0.492 e. The molecule has 2 rings (SSSR count). The molecule has 4 heteroatoms. The first-order chi connectivity index (χ1) is 9.88. The van der Waals surface area contributed by atoms with Crippen LogP contribution < -0.4 is 10.5 Å². The lowest BCUT2D eigenvalue weighted by atomic mass is 10.2. The van der Waals surface area contributed by atoms with E-state index in [0.29, 0.717) is 6.54 Å². The third kappa shape index (κ3) is 5.46. The van der Waals surface area contributed by atoms with Crippen LogP contribution in [-0.2, 0) is 0 Å². The van der Waals surface area contributed by atoms with Crippen LogP contribution in [0.15, 0.2) is 24.3 Å². The molecule has 1 saturated heterocycles. The van der Waals surface area contributed by atoms with Crippen molar-refractivity contribution in [3.8, 4) is 17.6 Å². The van der Waals surface area contributed by atoms with E-state index in [1.165, 1.54) is 31.0 Å². The molecular formula is C16H22N2OS. The molecule has 3 nitrogen and oxygen atoms in total. The van der Waals surface area contributed by atoms with Crippen molar-refractivity contribution in [2.75, 3.05) is 44.3 Å². The van der Waals surface area contributed by atoms with Crippen LogP contribution >= 0.6 is 11.8 Å². The summed E-state index contributed by atoms with van der Waals surface area (Å²) in [6, 6.07) is 7.90. The summed E-state index contributed by atoms with van der Waals surface area (Å²) >= 11 is 2.05. The molecule has 1 fully saturated rings. The van der Waals surface area contributed by atoms with Crippen LogP contribution in [0, 0.1) is 11.8 Å². The highest BCUT2D eigenvalue weighted by atomic mass is 32.2. The first-order valence-electron chi connectivity index (χ1n) is 7.10. The minimum Gasteiger partial charge on any atom is -0.492 e. The zero-order valence-electron chi connectivity index (χ0n) is 11.8. The summed E-state index contributed by atoms with van der Waals surface area (Å²) in [6.45, 7) is 4.49. The fourth-order valence-corrected chi connectivity index (χ4v) is 3.06. The summed E-state index contributed by atoms with van der Waals surface area (Å²) in [5.41, 5.74) is 6.34. The van der Waals surface area contributed by atoms with E-state index in [-0.39, 0.29) is 0 Å². The first kappa shape index (κ1) is 15.2. The van der Waals surface area contributed by atoms with Gasteiger partial charge in [0, 0.05) is 24.4 Å². The van der Waals surface area contributed by atoms with Crippen LogP contribution in [-0.4, -0.2) is 49.2 Å². The molecule has 1 aromatic carbocycles. The Kier molecular flexibility index (Phi) is 6.79. The summed E-state index contributed by atoms with van der Waals surface area (Å²) in [5.74, 6) is 9.30. The van der Waals surface area contributed by atoms with Crippen LogP contribution in [0.2, 0.25) is 0 Å². The monoisotopic (exact) mass is 290 g/mol. The van der Waals surface area contributed by atoms with Gasteiger partial charge in [0.2, 0.25) is 0 Å². The molecule has 1 aliphatic heterocycles. The Morgan fingerprint density at radius 3 is 3.15 bits per heavy atom. The number of benzene rings is 1. The van der Waals surface area contributed by atoms with Crippen molar-refractivity contribution >= 4 is 11.8 Å². The highest BCUT2D eigenvalue weighted by Gasteiger charge is 2.08. The maximum absolute atomic E-state index is 5.82. The van der Waals surface area contributed by atoms with E-state index < -0.39 is 0 Å². The van der Waals surface area contributed by atoms with Crippen molar-refractivity contribution in [1.29, 1.82) is 0 Å². The third-order valence-corrected chi connectivity index (χ3v) is 4.21. The highest BCUT2D eigenvalue weighted by Crippen LogP contribution is 2.13. The Hall–Kier alpha value is -1.15. The molecule has 0 aliphatic carbocycles. The Balaban J connectivity index is 1.78. The van der Waals surface area contributed by atoms with Crippen LogP contribution in [0.3, 0.4) is 0 Å². The van der Waals surface area contributed by atoms with Crippen LogP contribution in [0.1, 0.15) is 12.0 Å². The predicted molar refractivity (Wildman–Crippen MR) is 86.3 cm³/mol. The molecule has 0 amide bonds. The zero-order valence-corrected chi connectivity index (χ0v) is 12.6. The average Bonchev–Trinajstić information content (AvgIpc) is 2.74. The fraction of sp³-hybridized carbons (Fsp3) is 0.500.